The molecule has 2 heterocycles. The minimum Gasteiger partial charge on any atom is -0.444 e. The van der Waals surface area contributed by atoms with Gasteiger partial charge in [-0.25, -0.2) is 4.79 Å². The van der Waals surface area contributed by atoms with Gasteiger partial charge >= 0.3 is 6.09 Å². The summed E-state index contributed by atoms with van der Waals surface area (Å²) in [5, 5.41) is 10.8. The summed E-state index contributed by atoms with van der Waals surface area (Å²) in [6, 6.07) is 1.48. The standard InChI is InChI=1S/C14H19N3O4/c1-9-7-16(13(18)21-14(2,3)4)8-10-5-11(17(19)20)6-15-12(9)10/h5-6,9H,7-8H2,1-4H3/t9-/m1/s1. The van der Waals surface area contributed by atoms with Crippen LogP contribution in [0, 0.1) is 10.1 Å². The first-order valence-electron chi connectivity index (χ1n) is 6.78. The van der Waals surface area contributed by atoms with Crippen LogP contribution in [0.5, 0.6) is 0 Å². The van der Waals surface area contributed by atoms with Crippen molar-refractivity contribution in [2.45, 2.75) is 45.8 Å². The van der Waals surface area contributed by atoms with Crippen LogP contribution < -0.4 is 0 Å². The van der Waals surface area contributed by atoms with E-state index in [4.69, 9.17) is 4.74 Å². The van der Waals surface area contributed by atoms with E-state index in [0.717, 1.165) is 5.69 Å². The number of hydrogen-bond acceptors (Lipinski definition) is 5. The number of ether oxygens (including phenoxy) is 1. The van der Waals surface area contributed by atoms with Gasteiger partial charge in [0.25, 0.3) is 5.69 Å². The van der Waals surface area contributed by atoms with E-state index in [1.165, 1.54) is 12.3 Å². The van der Waals surface area contributed by atoms with E-state index in [1.807, 2.05) is 6.92 Å². The predicted octanol–water partition coefficient (Wildman–Crippen LogP) is 2.84. The highest BCUT2D eigenvalue weighted by Crippen LogP contribution is 2.29. The molecule has 0 N–H and O–H groups in total. The molecular formula is C14H19N3O4. The maximum Gasteiger partial charge on any atom is 0.410 e. The van der Waals surface area contributed by atoms with Crippen molar-refractivity contribution in [3.05, 3.63) is 33.6 Å². The van der Waals surface area contributed by atoms with Crippen LogP contribution in [0.2, 0.25) is 0 Å². The van der Waals surface area contributed by atoms with Crippen LogP contribution in [0.4, 0.5) is 10.5 Å². The Morgan fingerprint density at radius 1 is 1.52 bits per heavy atom. The zero-order valence-corrected chi connectivity index (χ0v) is 12.6. The van der Waals surface area contributed by atoms with Gasteiger partial charge in [-0.3, -0.25) is 15.1 Å². The normalized spacial score (nSPS) is 18.1. The molecule has 0 fully saturated rings. The number of nitrogens with zero attached hydrogens (tertiary/aromatic N) is 3. The highest BCUT2D eigenvalue weighted by Gasteiger charge is 2.30. The third-order valence-corrected chi connectivity index (χ3v) is 3.17. The third kappa shape index (κ3) is 3.48. The minimum absolute atomic E-state index is 0.0158. The van der Waals surface area contributed by atoms with E-state index < -0.39 is 16.6 Å². The largest absolute Gasteiger partial charge is 0.444 e. The Balaban J connectivity index is 2.24. The predicted molar refractivity (Wildman–Crippen MR) is 76.0 cm³/mol. The summed E-state index contributed by atoms with van der Waals surface area (Å²) in [4.78, 5) is 28.2. The zero-order chi connectivity index (χ0) is 15.8. The summed E-state index contributed by atoms with van der Waals surface area (Å²) in [5.74, 6) is 0.0158. The van der Waals surface area contributed by atoms with Gasteiger partial charge in [0.05, 0.1) is 17.2 Å². The van der Waals surface area contributed by atoms with Gasteiger partial charge in [0.15, 0.2) is 0 Å². The second kappa shape index (κ2) is 5.31. The van der Waals surface area contributed by atoms with Crippen LogP contribution in [0.15, 0.2) is 12.3 Å². The average Bonchev–Trinajstić information content (AvgIpc) is 2.35. The Bertz CT molecular complexity index is 580. The van der Waals surface area contributed by atoms with Gasteiger partial charge in [-0.2, -0.15) is 0 Å². The average molecular weight is 293 g/mol. The van der Waals surface area contributed by atoms with E-state index >= 15 is 0 Å². The first-order valence-corrected chi connectivity index (χ1v) is 6.78. The van der Waals surface area contributed by atoms with Crippen molar-refractivity contribution < 1.29 is 14.5 Å². The van der Waals surface area contributed by atoms with Crippen molar-refractivity contribution in [3.8, 4) is 0 Å². The molecule has 7 heteroatoms. The van der Waals surface area contributed by atoms with Gasteiger partial charge in [-0.1, -0.05) is 6.92 Å². The van der Waals surface area contributed by atoms with Gasteiger partial charge < -0.3 is 9.64 Å². The highest BCUT2D eigenvalue weighted by atomic mass is 16.6. The summed E-state index contributed by atoms with van der Waals surface area (Å²) in [6.07, 6.45) is 0.852. The van der Waals surface area contributed by atoms with Crippen LogP contribution in [0.1, 0.15) is 44.9 Å². The van der Waals surface area contributed by atoms with Gasteiger partial charge in [-0.05, 0) is 20.8 Å². The van der Waals surface area contributed by atoms with Crippen molar-refractivity contribution in [3.63, 3.8) is 0 Å². The smallest absolute Gasteiger partial charge is 0.410 e. The molecule has 0 unspecified atom stereocenters. The maximum atomic E-state index is 12.1. The highest BCUT2D eigenvalue weighted by molar-refractivity contribution is 5.69. The molecule has 1 aromatic rings. The summed E-state index contributed by atoms with van der Waals surface area (Å²) in [5.41, 5.74) is 0.878. The summed E-state index contributed by atoms with van der Waals surface area (Å²) in [7, 11) is 0. The van der Waals surface area contributed by atoms with Crippen molar-refractivity contribution in [2.75, 3.05) is 6.54 Å². The molecule has 0 bridgehead atoms. The van der Waals surface area contributed by atoms with Crippen LogP contribution in [0.25, 0.3) is 0 Å². The fraction of sp³-hybridized carbons (Fsp3) is 0.571. The van der Waals surface area contributed by atoms with Crippen LogP contribution in [0.3, 0.4) is 0 Å². The number of nitro groups is 1. The van der Waals surface area contributed by atoms with Crippen molar-refractivity contribution in [1.29, 1.82) is 0 Å². The fourth-order valence-corrected chi connectivity index (χ4v) is 2.33. The molecule has 1 aliphatic heterocycles. The molecule has 1 aliphatic rings. The van der Waals surface area contributed by atoms with Crippen molar-refractivity contribution >= 4 is 11.8 Å². The van der Waals surface area contributed by atoms with E-state index in [0.29, 0.717) is 12.1 Å². The molecule has 7 nitrogen and oxygen atoms in total. The molecule has 0 radical (unpaired) electrons. The number of aromatic nitrogens is 1. The lowest BCUT2D eigenvalue weighted by molar-refractivity contribution is -0.385. The maximum absolute atomic E-state index is 12.1. The lowest BCUT2D eigenvalue weighted by Gasteiger charge is -2.33. The third-order valence-electron chi connectivity index (χ3n) is 3.17. The topological polar surface area (TPSA) is 85.6 Å². The molecule has 1 atom stereocenters. The van der Waals surface area contributed by atoms with E-state index in [1.54, 1.807) is 25.7 Å². The number of carbonyl (C=O) groups is 1. The van der Waals surface area contributed by atoms with Crippen molar-refractivity contribution in [1.82, 2.24) is 9.88 Å². The summed E-state index contributed by atoms with van der Waals surface area (Å²) in [6.45, 7) is 8.13. The lowest BCUT2D eigenvalue weighted by Crippen LogP contribution is -2.41. The second-order valence-electron chi connectivity index (χ2n) is 6.26. The van der Waals surface area contributed by atoms with Gasteiger partial charge in [0.1, 0.15) is 11.8 Å². The Hall–Kier alpha value is -2.18. The Morgan fingerprint density at radius 2 is 2.19 bits per heavy atom. The van der Waals surface area contributed by atoms with E-state index in [-0.39, 0.29) is 18.2 Å². The number of rotatable bonds is 1. The molecule has 1 aromatic heterocycles. The second-order valence-corrected chi connectivity index (χ2v) is 6.26. The molecule has 0 aliphatic carbocycles. The lowest BCUT2D eigenvalue weighted by atomic mass is 9.96. The Labute approximate surface area is 123 Å². The first-order chi connectivity index (χ1) is 9.67. The molecule has 114 valence electrons. The zero-order valence-electron chi connectivity index (χ0n) is 12.6. The Morgan fingerprint density at radius 3 is 2.76 bits per heavy atom. The van der Waals surface area contributed by atoms with Crippen molar-refractivity contribution in [2.24, 2.45) is 0 Å². The molecule has 0 saturated heterocycles. The SMILES string of the molecule is C[C@@H]1CN(C(=O)OC(C)(C)C)Cc2cc([N+](=O)[O-])cnc21. The van der Waals surface area contributed by atoms with Crippen LogP contribution in [-0.4, -0.2) is 33.0 Å². The van der Waals surface area contributed by atoms with Gasteiger partial charge in [0.2, 0.25) is 0 Å². The summed E-state index contributed by atoms with van der Waals surface area (Å²) >= 11 is 0. The number of carbonyl (C=O) groups excluding carboxylic acids is 1. The molecule has 0 aromatic carbocycles. The number of fused-ring (bicyclic) bond motifs is 1. The Kier molecular flexibility index (Phi) is 3.85. The number of hydrogen-bond donors (Lipinski definition) is 0. The monoisotopic (exact) mass is 293 g/mol. The molecule has 0 saturated carbocycles. The quantitative estimate of drug-likeness (QED) is 0.587. The number of pyridine rings is 1. The minimum atomic E-state index is -0.568. The molecule has 1 amide bonds. The first kappa shape index (κ1) is 15.2. The number of amides is 1. The molecule has 2 rings (SSSR count). The van der Waals surface area contributed by atoms with Gasteiger partial charge in [0, 0.05) is 24.1 Å². The molecule has 0 spiro atoms. The molecular weight excluding hydrogens is 274 g/mol. The van der Waals surface area contributed by atoms with E-state index in [2.05, 4.69) is 4.98 Å². The molecule has 21 heavy (non-hydrogen) atoms. The van der Waals surface area contributed by atoms with Crippen LogP contribution >= 0.6 is 0 Å². The van der Waals surface area contributed by atoms with Gasteiger partial charge in [-0.15, -0.1) is 0 Å². The van der Waals surface area contributed by atoms with Crippen LogP contribution in [-0.2, 0) is 11.3 Å². The summed E-state index contributed by atoms with van der Waals surface area (Å²) < 4.78 is 5.35. The fourth-order valence-electron chi connectivity index (χ4n) is 2.33. The van der Waals surface area contributed by atoms with E-state index in [9.17, 15) is 14.9 Å².